The van der Waals surface area contributed by atoms with E-state index in [1.165, 1.54) is 11.3 Å². The molecule has 1 radical (unpaired) electrons. The highest BCUT2D eigenvalue weighted by atomic mass is 32.1. The van der Waals surface area contributed by atoms with Gasteiger partial charge in [-0.2, -0.15) is 0 Å². The lowest BCUT2D eigenvalue weighted by Crippen LogP contribution is -1.83. The Labute approximate surface area is 74.6 Å². The lowest BCUT2D eigenvalue weighted by Gasteiger charge is -1.81. The number of thiophene rings is 1. The molecule has 2 aromatic rings. The third kappa shape index (κ3) is 1.14. The molecule has 0 fully saturated rings. The number of carbonyl (C=O) groups is 1. The second-order valence-corrected chi connectivity index (χ2v) is 3.66. The molecule has 0 atom stereocenters. The molecule has 2 heteroatoms. The molecule has 0 aliphatic carbocycles. The first-order valence-electron chi connectivity index (χ1n) is 3.69. The van der Waals surface area contributed by atoms with Crippen molar-refractivity contribution in [3.8, 4) is 0 Å². The summed E-state index contributed by atoms with van der Waals surface area (Å²) in [5.74, 6) is 0.0937. The summed E-state index contributed by atoms with van der Waals surface area (Å²) in [5, 5.41) is 1.03. The fourth-order valence-corrected chi connectivity index (χ4v) is 1.98. The van der Waals surface area contributed by atoms with Gasteiger partial charge in [0.2, 0.25) is 0 Å². The van der Waals surface area contributed by atoms with E-state index in [0.29, 0.717) is 0 Å². The molecule has 2 rings (SSSR count). The van der Waals surface area contributed by atoms with Crippen molar-refractivity contribution in [3.63, 3.8) is 0 Å². The van der Waals surface area contributed by atoms with Gasteiger partial charge in [0.25, 0.3) is 0 Å². The first kappa shape index (κ1) is 7.50. The fraction of sp³-hybridized carbons (Fsp3) is 0.100. The largest absolute Gasteiger partial charge is 0.294 e. The number of benzene rings is 1. The standard InChI is InChI=1S/C10H7OS/c1-7(11)10-6-8-4-2-3-5-9(8)12-10/h2-5H,1H3. The molecule has 0 saturated carbocycles. The van der Waals surface area contributed by atoms with E-state index in [-0.39, 0.29) is 5.78 Å². The molecule has 0 aliphatic heterocycles. The highest BCUT2D eigenvalue weighted by Crippen LogP contribution is 2.24. The Morgan fingerprint density at radius 3 is 2.83 bits per heavy atom. The van der Waals surface area contributed by atoms with E-state index >= 15 is 0 Å². The van der Waals surface area contributed by atoms with E-state index in [0.717, 1.165) is 15.0 Å². The first-order valence-corrected chi connectivity index (χ1v) is 4.51. The molecule has 0 spiro atoms. The van der Waals surface area contributed by atoms with Crippen molar-refractivity contribution in [1.29, 1.82) is 0 Å². The van der Waals surface area contributed by atoms with Crippen molar-refractivity contribution in [2.24, 2.45) is 0 Å². The molecular weight excluding hydrogens is 168 g/mol. The topological polar surface area (TPSA) is 17.1 Å². The van der Waals surface area contributed by atoms with Gasteiger partial charge in [0, 0.05) is 16.2 Å². The van der Waals surface area contributed by atoms with Gasteiger partial charge in [0.05, 0.1) is 4.88 Å². The number of carbonyl (C=O) groups excluding carboxylic acids is 1. The molecule has 1 heterocycles. The van der Waals surface area contributed by atoms with Crippen LogP contribution in [0.5, 0.6) is 0 Å². The van der Waals surface area contributed by atoms with Gasteiger partial charge in [0.1, 0.15) is 0 Å². The summed E-state index contributed by atoms with van der Waals surface area (Å²) >= 11 is 1.50. The van der Waals surface area contributed by atoms with E-state index in [4.69, 9.17) is 0 Å². The molecule has 59 valence electrons. The van der Waals surface area contributed by atoms with Crippen LogP contribution >= 0.6 is 11.3 Å². The Balaban J connectivity index is 2.70. The third-order valence-corrected chi connectivity index (χ3v) is 2.84. The number of Topliss-reactive ketones (excluding diaryl/α,β-unsaturated/α-hetero) is 1. The summed E-state index contributed by atoms with van der Waals surface area (Å²) < 4.78 is 1.13. The fourth-order valence-electron chi connectivity index (χ4n) is 1.08. The highest BCUT2D eigenvalue weighted by molar-refractivity contribution is 7.20. The molecule has 12 heavy (non-hydrogen) atoms. The molecular formula is C10H7OS. The van der Waals surface area contributed by atoms with Crippen LogP contribution in [0.1, 0.15) is 16.6 Å². The summed E-state index contributed by atoms with van der Waals surface area (Å²) in [6.45, 7) is 1.57. The van der Waals surface area contributed by atoms with Gasteiger partial charge in [-0.05, 0) is 13.0 Å². The molecule has 0 amide bonds. The number of hydrogen-bond acceptors (Lipinski definition) is 2. The van der Waals surface area contributed by atoms with E-state index in [9.17, 15) is 4.79 Å². The maximum Gasteiger partial charge on any atom is 0.170 e. The molecule has 0 N–H and O–H groups in total. The highest BCUT2D eigenvalue weighted by Gasteiger charge is 2.04. The third-order valence-electron chi connectivity index (χ3n) is 1.67. The van der Waals surface area contributed by atoms with E-state index in [1.807, 2.05) is 24.3 Å². The van der Waals surface area contributed by atoms with Crippen molar-refractivity contribution in [3.05, 3.63) is 35.2 Å². The Hall–Kier alpha value is -1.15. The minimum atomic E-state index is 0.0937. The zero-order chi connectivity index (χ0) is 8.55. The Bertz CT molecular complexity index is 395. The predicted molar refractivity (Wildman–Crippen MR) is 50.7 cm³/mol. The molecule has 0 unspecified atom stereocenters. The SMILES string of the molecule is CC(=O)c1[c]c2ccccc2s1. The van der Waals surface area contributed by atoms with Crippen LogP contribution < -0.4 is 0 Å². The van der Waals surface area contributed by atoms with Crippen LogP contribution in [-0.2, 0) is 0 Å². The van der Waals surface area contributed by atoms with E-state index < -0.39 is 0 Å². The Morgan fingerprint density at radius 2 is 2.17 bits per heavy atom. The van der Waals surface area contributed by atoms with Gasteiger partial charge >= 0.3 is 0 Å². The minimum absolute atomic E-state index is 0.0937. The Morgan fingerprint density at radius 1 is 1.42 bits per heavy atom. The van der Waals surface area contributed by atoms with Crippen molar-refractivity contribution in [2.75, 3.05) is 0 Å². The summed E-state index contributed by atoms with van der Waals surface area (Å²) in [6, 6.07) is 11.0. The smallest absolute Gasteiger partial charge is 0.170 e. The first-order chi connectivity index (χ1) is 5.77. The number of rotatable bonds is 1. The maximum absolute atomic E-state index is 11.0. The van der Waals surface area contributed by atoms with E-state index in [1.54, 1.807) is 6.92 Å². The zero-order valence-corrected chi connectivity index (χ0v) is 7.44. The summed E-state index contributed by atoms with van der Waals surface area (Å²) in [7, 11) is 0. The van der Waals surface area contributed by atoms with Gasteiger partial charge in [-0.15, -0.1) is 11.3 Å². The number of fused-ring (bicyclic) bond motifs is 1. The molecule has 0 aliphatic rings. The molecule has 1 aromatic heterocycles. The molecule has 1 nitrogen and oxygen atoms in total. The van der Waals surface area contributed by atoms with Gasteiger partial charge in [-0.1, -0.05) is 18.2 Å². The predicted octanol–water partition coefficient (Wildman–Crippen LogP) is 2.90. The van der Waals surface area contributed by atoms with Crippen molar-refractivity contribution >= 4 is 27.2 Å². The normalized spacial score (nSPS) is 10.4. The molecule has 0 saturated heterocycles. The second-order valence-electron chi connectivity index (χ2n) is 2.61. The van der Waals surface area contributed by atoms with Crippen molar-refractivity contribution in [1.82, 2.24) is 0 Å². The summed E-state index contributed by atoms with van der Waals surface area (Å²) in [4.78, 5) is 11.7. The van der Waals surface area contributed by atoms with Crippen molar-refractivity contribution < 1.29 is 4.79 Å². The van der Waals surface area contributed by atoms with Gasteiger partial charge in [-0.3, -0.25) is 4.79 Å². The average Bonchev–Trinajstić information content (AvgIpc) is 2.46. The summed E-state index contributed by atoms with van der Waals surface area (Å²) in [5.41, 5.74) is 0. The van der Waals surface area contributed by atoms with Crippen molar-refractivity contribution in [2.45, 2.75) is 6.92 Å². The van der Waals surface area contributed by atoms with Crippen LogP contribution in [0.3, 0.4) is 0 Å². The quantitative estimate of drug-likeness (QED) is 0.609. The Kier molecular flexibility index (Phi) is 1.70. The average molecular weight is 175 g/mol. The molecule has 1 aromatic carbocycles. The number of ketones is 1. The maximum atomic E-state index is 11.0. The lowest BCUT2D eigenvalue weighted by atomic mass is 10.2. The number of hydrogen-bond donors (Lipinski definition) is 0. The monoisotopic (exact) mass is 175 g/mol. The lowest BCUT2D eigenvalue weighted by molar-refractivity contribution is 0.102. The minimum Gasteiger partial charge on any atom is -0.294 e. The van der Waals surface area contributed by atoms with Crippen LogP contribution in [0.25, 0.3) is 10.1 Å². The van der Waals surface area contributed by atoms with E-state index in [2.05, 4.69) is 6.07 Å². The van der Waals surface area contributed by atoms with Gasteiger partial charge in [-0.25, -0.2) is 0 Å². The zero-order valence-electron chi connectivity index (χ0n) is 6.63. The second kappa shape index (κ2) is 2.72. The van der Waals surface area contributed by atoms with Crippen LogP contribution in [0.15, 0.2) is 24.3 Å². The van der Waals surface area contributed by atoms with Gasteiger partial charge in [0.15, 0.2) is 5.78 Å². The van der Waals surface area contributed by atoms with Gasteiger partial charge < -0.3 is 0 Å². The van der Waals surface area contributed by atoms with Crippen LogP contribution in [0.2, 0.25) is 0 Å². The summed E-state index contributed by atoms with van der Waals surface area (Å²) in [6.07, 6.45) is 0. The molecule has 0 bridgehead atoms. The van der Waals surface area contributed by atoms with Crippen LogP contribution in [0, 0.1) is 6.07 Å². The van der Waals surface area contributed by atoms with Crippen LogP contribution in [-0.4, -0.2) is 5.78 Å². The van der Waals surface area contributed by atoms with Crippen LogP contribution in [0.4, 0.5) is 0 Å².